The number of hydrogen-bond acceptors (Lipinski definition) is 2. The second-order valence-corrected chi connectivity index (χ2v) is 3.56. The number of thioether (sulfide) groups is 1. The molecule has 0 aromatic rings. The molecule has 0 aromatic heterocycles. The van der Waals surface area contributed by atoms with Crippen molar-refractivity contribution >= 4 is 18.0 Å². The predicted molar refractivity (Wildman–Crippen MR) is 35.8 cm³/mol. The van der Waals surface area contributed by atoms with Gasteiger partial charge in [0, 0.05) is 0 Å². The van der Waals surface area contributed by atoms with Crippen LogP contribution >= 0.6 is 11.8 Å². The van der Waals surface area contributed by atoms with E-state index in [0.29, 0.717) is 0 Å². The molecular formula is C6H8OS. The monoisotopic (exact) mass is 128 g/mol. The molecule has 1 aliphatic heterocycles. The highest BCUT2D eigenvalue weighted by atomic mass is 32.2. The molecule has 0 fully saturated rings. The summed E-state index contributed by atoms with van der Waals surface area (Å²) in [6.07, 6.45) is 3.93. The van der Waals surface area contributed by atoms with Gasteiger partial charge < -0.3 is 4.79 Å². The first-order valence-corrected chi connectivity index (χ1v) is 3.44. The van der Waals surface area contributed by atoms with Crippen molar-refractivity contribution in [1.82, 2.24) is 0 Å². The Morgan fingerprint density at radius 3 is 2.88 bits per heavy atom. The Balaban J connectivity index is 2.58. The van der Waals surface area contributed by atoms with Gasteiger partial charge in [-0.15, -0.1) is 11.8 Å². The molecule has 0 spiro atoms. The smallest absolute Gasteiger partial charge is 0.136 e. The zero-order valence-electron chi connectivity index (χ0n) is 4.76. The Morgan fingerprint density at radius 2 is 2.62 bits per heavy atom. The fraction of sp³-hybridized carbons (Fsp3) is 0.500. The summed E-state index contributed by atoms with van der Waals surface area (Å²) in [5.74, 6) is 0. The van der Waals surface area contributed by atoms with Crippen LogP contribution in [-0.4, -0.2) is 11.0 Å². The van der Waals surface area contributed by atoms with Crippen molar-refractivity contribution < 1.29 is 4.79 Å². The molecule has 0 N–H and O–H groups in total. The fourth-order valence-electron chi connectivity index (χ4n) is 0.610. The highest BCUT2D eigenvalue weighted by Gasteiger charge is 2.24. The van der Waals surface area contributed by atoms with Gasteiger partial charge in [0.25, 0.3) is 0 Å². The summed E-state index contributed by atoms with van der Waals surface area (Å²) < 4.78 is -0.139. The topological polar surface area (TPSA) is 17.1 Å². The Bertz CT molecular complexity index is 120. The quantitative estimate of drug-likeness (QED) is 0.499. The summed E-state index contributed by atoms with van der Waals surface area (Å²) in [7, 11) is 0. The number of rotatable bonds is 1. The van der Waals surface area contributed by atoms with Crippen LogP contribution in [0.25, 0.3) is 0 Å². The molecule has 0 radical (unpaired) electrons. The zero-order valence-corrected chi connectivity index (χ0v) is 5.57. The summed E-state index contributed by atoms with van der Waals surface area (Å²) in [5, 5.41) is 1.98. The van der Waals surface area contributed by atoms with Gasteiger partial charge in [0.2, 0.25) is 0 Å². The van der Waals surface area contributed by atoms with Gasteiger partial charge in [0.15, 0.2) is 0 Å². The van der Waals surface area contributed by atoms with Gasteiger partial charge in [-0.1, -0.05) is 6.08 Å². The Morgan fingerprint density at radius 1 is 1.88 bits per heavy atom. The average molecular weight is 128 g/mol. The Hall–Kier alpha value is -0.240. The molecule has 1 heterocycles. The third-order valence-electron chi connectivity index (χ3n) is 1.21. The first-order chi connectivity index (χ1) is 3.77. The van der Waals surface area contributed by atoms with E-state index in [0.717, 1.165) is 12.7 Å². The number of allylic oxidation sites excluding steroid dienone is 1. The van der Waals surface area contributed by atoms with Crippen LogP contribution in [0.3, 0.4) is 0 Å². The number of aldehydes is 1. The molecule has 0 amide bonds. The standard InChI is InChI=1S/C6H8OS/c1-6(5-7)3-2-4-8-6/h2,4-5H,3H2,1H3. The van der Waals surface area contributed by atoms with E-state index in [1.165, 1.54) is 0 Å². The van der Waals surface area contributed by atoms with Crippen molar-refractivity contribution in [1.29, 1.82) is 0 Å². The van der Waals surface area contributed by atoms with Gasteiger partial charge in [-0.3, -0.25) is 0 Å². The zero-order chi connectivity index (χ0) is 6.04. The van der Waals surface area contributed by atoms with Crippen LogP contribution in [0.1, 0.15) is 13.3 Å². The van der Waals surface area contributed by atoms with Crippen LogP contribution in [-0.2, 0) is 4.79 Å². The maximum absolute atomic E-state index is 10.3. The lowest BCUT2D eigenvalue weighted by Gasteiger charge is -2.11. The molecule has 1 rings (SSSR count). The maximum atomic E-state index is 10.3. The van der Waals surface area contributed by atoms with Crippen LogP contribution in [0.15, 0.2) is 11.5 Å². The molecule has 2 heteroatoms. The Labute approximate surface area is 53.2 Å². The van der Waals surface area contributed by atoms with Crippen LogP contribution in [0.5, 0.6) is 0 Å². The minimum atomic E-state index is -0.139. The van der Waals surface area contributed by atoms with Crippen LogP contribution < -0.4 is 0 Å². The first-order valence-electron chi connectivity index (χ1n) is 2.56. The third kappa shape index (κ3) is 0.944. The fourth-order valence-corrected chi connectivity index (χ4v) is 1.36. The van der Waals surface area contributed by atoms with E-state index in [1.807, 2.05) is 18.4 Å². The van der Waals surface area contributed by atoms with E-state index in [4.69, 9.17) is 0 Å². The molecule has 1 nitrogen and oxygen atoms in total. The van der Waals surface area contributed by atoms with Crippen molar-refractivity contribution in [3.8, 4) is 0 Å². The highest BCUT2D eigenvalue weighted by Crippen LogP contribution is 2.33. The van der Waals surface area contributed by atoms with E-state index in [1.54, 1.807) is 11.8 Å². The van der Waals surface area contributed by atoms with Gasteiger partial charge in [0.05, 0.1) is 4.75 Å². The molecule has 8 heavy (non-hydrogen) atoms. The van der Waals surface area contributed by atoms with Crippen LogP contribution in [0.2, 0.25) is 0 Å². The van der Waals surface area contributed by atoms with Crippen molar-refractivity contribution in [3.05, 3.63) is 11.5 Å². The Kier molecular flexibility index (Phi) is 1.43. The molecule has 44 valence electrons. The lowest BCUT2D eigenvalue weighted by Crippen LogP contribution is -2.16. The molecular weight excluding hydrogens is 120 g/mol. The lowest BCUT2D eigenvalue weighted by molar-refractivity contribution is -0.109. The number of carbonyl (C=O) groups is 1. The maximum Gasteiger partial charge on any atom is 0.136 e. The lowest BCUT2D eigenvalue weighted by atomic mass is 10.1. The normalized spacial score (nSPS) is 35.6. The van der Waals surface area contributed by atoms with Gasteiger partial charge >= 0.3 is 0 Å². The third-order valence-corrected chi connectivity index (χ3v) is 2.34. The SMILES string of the molecule is CC1(C=O)CC=CS1. The van der Waals surface area contributed by atoms with E-state index < -0.39 is 0 Å². The molecule has 0 bridgehead atoms. The first kappa shape index (κ1) is 5.89. The van der Waals surface area contributed by atoms with Crippen LogP contribution in [0, 0.1) is 0 Å². The van der Waals surface area contributed by atoms with Gasteiger partial charge in [0.1, 0.15) is 6.29 Å². The van der Waals surface area contributed by atoms with Crippen molar-refractivity contribution in [2.75, 3.05) is 0 Å². The summed E-state index contributed by atoms with van der Waals surface area (Å²) in [6.45, 7) is 1.95. The predicted octanol–water partition coefficient (Wildman–Crippen LogP) is 1.59. The largest absolute Gasteiger partial charge is 0.302 e. The molecule has 0 saturated carbocycles. The molecule has 1 atom stereocenters. The molecule has 0 aliphatic carbocycles. The minimum Gasteiger partial charge on any atom is -0.302 e. The number of hydrogen-bond donors (Lipinski definition) is 0. The van der Waals surface area contributed by atoms with E-state index >= 15 is 0 Å². The van der Waals surface area contributed by atoms with E-state index in [2.05, 4.69) is 0 Å². The summed E-state index contributed by atoms with van der Waals surface area (Å²) in [5.41, 5.74) is 0. The molecule has 1 unspecified atom stereocenters. The highest BCUT2D eigenvalue weighted by molar-refractivity contribution is 8.04. The van der Waals surface area contributed by atoms with Crippen molar-refractivity contribution in [2.24, 2.45) is 0 Å². The molecule has 0 aromatic carbocycles. The summed E-state index contributed by atoms with van der Waals surface area (Å²) in [4.78, 5) is 10.3. The second kappa shape index (κ2) is 1.94. The average Bonchev–Trinajstić information content (AvgIpc) is 2.17. The van der Waals surface area contributed by atoms with Crippen molar-refractivity contribution in [2.45, 2.75) is 18.1 Å². The van der Waals surface area contributed by atoms with Gasteiger partial charge in [-0.25, -0.2) is 0 Å². The number of carbonyl (C=O) groups excluding carboxylic acids is 1. The van der Waals surface area contributed by atoms with Gasteiger partial charge in [-0.2, -0.15) is 0 Å². The summed E-state index contributed by atoms with van der Waals surface area (Å²) >= 11 is 1.60. The summed E-state index contributed by atoms with van der Waals surface area (Å²) in [6, 6.07) is 0. The second-order valence-electron chi connectivity index (χ2n) is 2.12. The van der Waals surface area contributed by atoms with E-state index in [-0.39, 0.29) is 4.75 Å². The molecule has 0 saturated heterocycles. The van der Waals surface area contributed by atoms with Gasteiger partial charge in [-0.05, 0) is 18.8 Å². The van der Waals surface area contributed by atoms with Crippen molar-refractivity contribution in [3.63, 3.8) is 0 Å². The minimum absolute atomic E-state index is 0.139. The molecule has 1 aliphatic rings. The van der Waals surface area contributed by atoms with Crippen LogP contribution in [0.4, 0.5) is 0 Å². The van der Waals surface area contributed by atoms with E-state index in [9.17, 15) is 4.79 Å².